The van der Waals surface area contributed by atoms with Crippen LogP contribution >= 0.6 is 0 Å². The largest absolute Gasteiger partial charge is 0.385 e. The van der Waals surface area contributed by atoms with Crippen molar-refractivity contribution >= 4 is 0 Å². The van der Waals surface area contributed by atoms with Gasteiger partial charge in [-0.15, -0.1) is 0 Å². The van der Waals surface area contributed by atoms with Crippen molar-refractivity contribution in [3.63, 3.8) is 0 Å². The molecule has 136 valence electrons. The number of morpholine rings is 1. The number of hydrogen-bond donors (Lipinski definition) is 0. The van der Waals surface area contributed by atoms with E-state index in [9.17, 15) is 0 Å². The summed E-state index contributed by atoms with van der Waals surface area (Å²) >= 11 is 0. The lowest BCUT2D eigenvalue weighted by Crippen LogP contribution is -2.49. The van der Waals surface area contributed by atoms with Crippen molar-refractivity contribution in [2.75, 3.05) is 53.1 Å². The summed E-state index contributed by atoms with van der Waals surface area (Å²) in [6.45, 7) is 9.08. The first-order chi connectivity index (χ1) is 11.9. The maximum Gasteiger partial charge on any atom is 0.0594 e. The number of hydrogen-bond acceptors (Lipinski definition) is 5. The minimum atomic E-state index is 0.666. The highest BCUT2D eigenvalue weighted by molar-refractivity contribution is 5.01. The molecule has 3 rings (SSSR count). The number of ether oxygens (including phenoxy) is 2. The molecule has 0 amide bonds. The molecule has 0 aromatic carbocycles. The van der Waals surface area contributed by atoms with Crippen LogP contribution in [0.5, 0.6) is 0 Å². The maximum atomic E-state index is 5.49. The molecule has 3 heterocycles. The highest BCUT2D eigenvalue weighted by atomic mass is 16.5. The Kier molecular flexibility index (Phi) is 7.08. The summed E-state index contributed by atoms with van der Waals surface area (Å²) in [4.78, 5) is 5.24. The van der Waals surface area contributed by atoms with E-state index < -0.39 is 0 Å². The Bertz CT molecular complexity index is 473. The monoisotopic (exact) mass is 336 g/mol. The van der Waals surface area contributed by atoms with Gasteiger partial charge < -0.3 is 9.47 Å². The standard InChI is InChI=1S/C18H32N4O2/c1-23-12-4-9-22-18(6-7-19-22)16-21-8-3-2-5-17(21)15-20-10-13-24-14-11-20/h6-7,17H,2-5,8-16H2,1H3. The number of rotatable bonds is 8. The van der Waals surface area contributed by atoms with Crippen molar-refractivity contribution in [3.05, 3.63) is 18.0 Å². The molecule has 2 fully saturated rings. The zero-order valence-corrected chi connectivity index (χ0v) is 15.0. The molecule has 2 aliphatic heterocycles. The summed E-state index contributed by atoms with van der Waals surface area (Å²) in [5, 5.41) is 4.50. The van der Waals surface area contributed by atoms with Gasteiger partial charge in [-0.3, -0.25) is 14.5 Å². The van der Waals surface area contributed by atoms with E-state index in [4.69, 9.17) is 9.47 Å². The van der Waals surface area contributed by atoms with Gasteiger partial charge in [-0.25, -0.2) is 0 Å². The Balaban J connectivity index is 1.56. The van der Waals surface area contributed by atoms with Crippen molar-refractivity contribution in [3.8, 4) is 0 Å². The first-order valence-electron chi connectivity index (χ1n) is 9.40. The Labute approximate surface area is 145 Å². The summed E-state index contributed by atoms with van der Waals surface area (Å²) in [5.74, 6) is 0. The second-order valence-electron chi connectivity index (χ2n) is 6.93. The minimum Gasteiger partial charge on any atom is -0.385 e. The van der Waals surface area contributed by atoms with Gasteiger partial charge in [-0.2, -0.15) is 5.10 Å². The van der Waals surface area contributed by atoms with Crippen LogP contribution in [0.25, 0.3) is 0 Å². The maximum absolute atomic E-state index is 5.49. The highest BCUT2D eigenvalue weighted by Gasteiger charge is 2.26. The molecule has 1 aromatic heterocycles. The third kappa shape index (κ3) is 5.02. The van der Waals surface area contributed by atoms with Crippen molar-refractivity contribution in [2.45, 2.75) is 44.8 Å². The molecule has 1 atom stereocenters. The first kappa shape index (κ1) is 17.9. The van der Waals surface area contributed by atoms with Gasteiger partial charge in [0.1, 0.15) is 0 Å². The van der Waals surface area contributed by atoms with Crippen molar-refractivity contribution < 1.29 is 9.47 Å². The number of likely N-dealkylation sites (tertiary alicyclic amines) is 1. The first-order valence-corrected chi connectivity index (χ1v) is 9.40. The molecule has 1 aromatic rings. The van der Waals surface area contributed by atoms with Crippen LogP contribution in [0, 0.1) is 0 Å². The average Bonchev–Trinajstić information content (AvgIpc) is 3.05. The van der Waals surface area contributed by atoms with Crippen molar-refractivity contribution in [1.29, 1.82) is 0 Å². The second kappa shape index (κ2) is 9.51. The average molecular weight is 336 g/mol. The number of aromatic nitrogens is 2. The highest BCUT2D eigenvalue weighted by Crippen LogP contribution is 2.21. The van der Waals surface area contributed by atoms with Crippen molar-refractivity contribution in [1.82, 2.24) is 19.6 Å². The quantitative estimate of drug-likeness (QED) is 0.675. The molecule has 0 aliphatic carbocycles. The lowest BCUT2D eigenvalue weighted by molar-refractivity contribution is 0.0148. The normalized spacial score (nSPS) is 23.6. The third-order valence-corrected chi connectivity index (χ3v) is 5.21. The van der Waals surface area contributed by atoms with Crippen LogP contribution in [-0.4, -0.2) is 78.7 Å². The van der Waals surface area contributed by atoms with Crippen LogP contribution in [0.3, 0.4) is 0 Å². The van der Waals surface area contributed by atoms with Gasteiger partial charge in [-0.1, -0.05) is 6.42 Å². The van der Waals surface area contributed by atoms with E-state index in [1.807, 2.05) is 6.20 Å². The summed E-state index contributed by atoms with van der Waals surface area (Å²) in [7, 11) is 1.76. The zero-order valence-electron chi connectivity index (χ0n) is 15.0. The number of nitrogens with zero attached hydrogens (tertiary/aromatic N) is 4. The van der Waals surface area contributed by atoms with Crippen molar-refractivity contribution in [2.24, 2.45) is 0 Å². The summed E-state index contributed by atoms with van der Waals surface area (Å²) in [5.41, 5.74) is 1.33. The number of piperidine rings is 1. The van der Waals surface area contributed by atoms with Crippen LogP contribution in [0.2, 0.25) is 0 Å². The van der Waals surface area contributed by atoms with Crippen LogP contribution in [-0.2, 0) is 22.6 Å². The minimum absolute atomic E-state index is 0.666. The second-order valence-corrected chi connectivity index (χ2v) is 6.93. The van der Waals surface area contributed by atoms with Gasteiger partial charge in [0.2, 0.25) is 0 Å². The van der Waals surface area contributed by atoms with Gasteiger partial charge in [0.15, 0.2) is 0 Å². The summed E-state index contributed by atoms with van der Waals surface area (Å²) in [6.07, 6.45) is 6.94. The Morgan fingerprint density at radius 3 is 2.96 bits per heavy atom. The predicted molar refractivity (Wildman–Crippen MR) is 94.0 cm³/mol. The third-order valence-electron chi connectivity index (χ3n) is 5.21. The fraction of sp³-hybridized carbons (Fsp3) is 0.833. The molecule has 24 heavy (non-hydrogen) atoms. The van der Waals surface area contributed by atoms with E-state index in [2.05, 4.69) is 25.6 Å². The Hall–Kier alpha value is -0.950. The van der Waals surface area contributed by atoms with Crippen LogP contribution in [0.4, 0.5) is 0 Å². The molecule has 0 saturated carbocycles. The molecule has 6 heteroatoms. The van der Waals surface area contributed by atoms with E-state index in [1.54, 1.807) is 7.11 Å². The van der Waals surface area contributed by atoms with E-state index in [-0.39, 0.29) is 0 Å². The fourth-order valence-corrected chi connectivity index (χ4v) is 3.82. The van der Waals surface area contributed by atoms with Gasteiger partial charge in [0, 0.05) is 58.7 Å². The predicted octanol–water partition coefficient (Wildman–Crippen LogP) is 1.61. The number of methoxy groups -OCH3 is 1. The molecule has 2 aliphatic rings. The lowest BCUT2D eigenvalue weighted by atomic mass is 10.0. The molecule has 0 radical (unpaired) electrons. The van der Waals surface area contributed by atoms with E-state index in [1.165, 1.54) is 38.0 Å². The van der Waals surface area contributed by atoms with E-state index >= 15 is 0 Å². The van der Waals surface area contributed by atoms with Gasteiger partial charge in [-0.05, 0) is 31.9 Å². The van der Waals surface area contributed by atoms with E-state index in [0.29, 0.717) is 6.04 Å². The molecule has 0 spiro atoms. The van der Waals surface area contributed by atoms with Crippen LogP contribution in [0.1, 0.15) is 31.4 Å². The summed E-state index contributed by atoms with van der Waals surface area (Å²) < 4.78 is 12.8. The van der Waals surface area contributed by atoms with Crippen LogP contribution in [0.15, 0.2) is 12.3 Å². The molecule has 2 saturated heterocycles. The fourth-order valence-electron chi connectivity index (χ4n) is 3.82. The summed E-state index contributed by atoms with van der Waals surface area (Å²) in [6, 6.07) is 2.84. The molecular weight excluding hydrogens is 304 g/mol. The molecule has 0 N–H and O–H groups in total. The Morgan fingerprint density at radius 2 is 2.12 bits per heavy atom. The topological polar surface area (TPSA) is 42.8 Å². The Morgan fingerprint density at radius 1 is 1.25 bits per heavy atom. The molecular formula is C18H32N4O2. The zero-order chi connectivity index (χ0) is 16.6. The molecule has 1 unspecified atom stereocenters. The SMILES string of the molecule is COCCCn1nccc1CN1CCCCC1CN1CCOCC1. The molecule has 6 nitrogen and oxygen atoms in total. The van der Waals surface area contributed by atoms with Crippen LogP contribution < -0.4 is 0 Å². The number of aryl methyl sites for hydroxylation is 1. The van der Waals surface area contributed by atoms with Gasteiger partial charge >= 0.3 is 0 Å². The lowest BCUT2D eigenvalue weighted by Gasteiger charge is -2.39. The van der Waals surface area contributed by atoms with Gasteiger partial charge in [0.05, 0.1) is 18.9 Å². The smallest absolute Gasteiger partial charge is 0.0594 e. The molecule has 0 bridgehead atoms. The van der Waals surface area contributed by atoms with E-state index in [0.717, 1.165) is 52.4 Å². The van der Waals surface area contributed by atoms with Gasteiger partial charge in [0.25, 0.3) is 0 Å².